The molecule has 2 aliphatic rings. The molecule has 6 rings (SSSR count). The summed E-state index contributed by atoms with van der Waals surface area (Å²) in [5, 5.41) is 0. The molecule has 0 unspecified atom stereocenters. The second-order valence-corrected chi connectivity index (χ2v) is 7.61. The topological polar surface area (TPSA) is 48.5 Å². The zero-order valence-corrected chi connectivity index (χ0v) is 17.1. The third-order valence-corrected chi connectivity index (χ3v) is 5.63. The van der Waals surface area contributed by atoms with Crippen molar-refractivity contribution in [1.82, 2.24) is 24.1 Å². The lowest BCUT2D eigenvalue weighted by Crippen LogP contribution is -2.09. The van der Waals surface area contributed by atoms with Crippen LogP contribution in [0.1, 0.15) is 5.82 Å². The van der Waals surface area contributed by atoms with Crippen LogP contribution in [0, 0.1) is 5.82 Å². The number of halogens is 1. The van der Waals surface area contributed by atoms with E-state index in [2.05, 4.69) is 14.5 Å². The summed E-state index contributed by atoms with van der Waals surface area (Å²) in [4.78, 5) is 13.5. The van der Waals surface area contributed by atoms with E-state index in [4.69, 9.17) is 4.98 Å². The van der Waals surface area contributed by atoms with Gasteiger partial charge >= 0.3 is 0 Å². The van der Waals surface area contributed by atoms with Gasteiger partial charge in [0.1, 0.15) is 23.7 Å². The molecule has 1 aromatic heterocycles. The monoisotopic (exact) mass is 419 g/mol. The molecule has 0 radical (unpaired) electrons. The number of hydrogen-bond donors (Lipinski definition) is 0. The van der Waals surface area contributed by atoms with E-state index in [1.807, 2.05) is 83.7 Å². The lowest BCUT2D eigenvalue weighted by atomic mass is 10.0. The van der Waals surface area contributed by atoms with Crippen LogP contribution in [0.15, 0.2) is 97.6 Å². The largest absolute Gasteiger partial charge is 0.344 e. The molecule has 2 aliphatic heterocycles. The third-order valence-electron chi connectivity index (χ3n) is 5.63. The molecule has 3 heterocycles. The third kappa shape index (κ3) is 3.04. The first-order valence-electron chi connectivity index (χ1n) is 10.3. The Hall–Kier alpha value is -4.32. The van der Waals surface area contributed by atoms with E-state index in [-0.39, 0.29) is 5.82 Å². The van der Waals surface area contributed by atoms with Gasteiger partial charge in [-0.2, -0.15) is 0 Å². The van der Waals surface area contributed by atoms with Gasteiger partial charge in [-0.1, -0.05) is 48.5 Å². The second kappa shape index (κ2) is 7.42. The zero-order chi connectivity index (χ0) is 21.5. The van der Waals surface area contributed by atoms with Crippen LogP contribution in [0.2, 0.25) is 0 Å². The molecule has 0 saturated carbocycles. The molecule has 0 fully saturated rings. The Morgan fingerprint density at radius 3 is 2.41 bits per heavy atom. The number of rotatable bonds is 4. The van der Waals surface area contributed by atoms with Crippen molar-refractivity contribution in [3.05, 3.63) is 109 Å². The Bertz CT molecular complexity index is 1530. The van der Waals surface area contributed by atoms with Crippen molar-refractivity contribution >= 4 is 11.0 Å². The summed E-state index contributed by atoms with van der Waals surface area (Å²) in [5.74, 6) is 0.597. The van der Waals surface area contributed by atoms with Gasteiger partial charge < -0.3 is 4.57 Å². The Balaban J connectivity index is 1.56. The molecule has 0 atom stereocenters. The van der Waals surface area contributed by atoms with Crippen molar-refractivity contribution in [3.8, 4) is 28.2 Å². The average Bonchev–Trinajstić information content (AvgIpc) is 3.43. The van der Waals surface area contributed by atoms with Gasteiger partial charge in [0.15, 0.2) is 0 Å². The Kier molecular flexibility index (Phi) is 4.28. The minimum absolute atomic E-state index is 0.250. The van der Waals surface area contributed by atoms with E-state index >= 15 is 0 Å². The zero-order valence-electron chi connectivity index (χ0n) is 17.1. The van der Waals surface area contributed by atoms with Crippen LogP contribution in [0.3, 0.4) is 0 Å². The fourth-order valence-corrected chi connectivity index (χ4v) is 4.17. The number of benzene rings is 3. The van der Waals surface area contributed by atoms with Crippen LogP contribution in [-0.2, 0) is 6.54 Å². The van der Waals surface area contributed by atoms with Crippen molar-refractivity contribution in [2.24, 2.45) is 0 Å². The van der Waals surface area contributed by atoms with Gasteiger partial charge in [0.05, 0.1) is 29.0 Å². The number of pyridine rings is 1. The molecule has 154 valence electrons. The molecule has 0 spiro atoms. The first-order chi connectivity index (χ1) is 15.8. The highest BCUT2D eigenvalue weighted by molar-refractivity contribution is 5.82. The van der Waals surface area contributed by atoms with Crippen LogP contribution in [0.25, 0.3) is 39.2 Å². The number of fused-ring (bicyclic) bond motifs is 2. The minimum atomic E-state index is -0.250. The molecule has 0 bridgehead atoms. The van der Waals surface area contributed by atoms with Crippen molar-refractivity contribution in [3.63, 3.8) is 0 Å². The van der Waals surface area contributed by atoms with E-state index in [9.17, 15) is 4.39 Å². The number of imidazole rings is 2. The highest BCUT2D eigenvalue weighted by Gasteiger charge is 2.18. The van der Waals surface area contributed by atoms with Crippen LogP contribution in [0.5, 0.6) is 0 Å². The molecule has 32 heavy (non-hydrogen) atoms. The normalized spacial score (nSPS) is 11.4. The molecule has 6 heteroatoms. The second-order valence-electron chi connectivity index (χ2n) is 7.61. The highest BCUT2D eigenvalue weighted by atomic mass is 19.1. The first-order valence-corrected chi connectivity index (χ1v) is 10.3. The molecular formula is C26H18FN5. The minimum Gasteiger partial charge on any atom is -0.344 e. The lowest BCUT2D eigenvalue weighted by Gasteiger charge is -2.16. The van der Waals surface area contributed by atoms with E-state index in [0.29, 0.717) is 12.1 Å². The first kappa shape index (κ1) is 18.4. The van der Waals surface area contributed by atoms with Gasteiger partial charge in [0.25, 0.3) is 0 Å². The fraction of sp³-hybridized carbons (Fsp3) is 0.0385. The fourth-order valence-electron chi connectivity index (χ4n) is 4.17. The van der Waals surface area contributed by atoms with Crippen molar-refractivity contribution in [2.75, 3.05) is 0 Å². The van der Waals surface area contributed by atoms with E-state index < -0.39 is 0 Å². The van der Waals surface area contributed by atoms with Gasteiger partial charge in [-0.15, -0.1) is 0 Å². The maximum absolute atomic E-state index is 14.7. The van der Waals surface area contributed by atoms with Crippen LogP contribution in [0.4, 0.5) is 4.39 Å². The van der Waals surface area contributed by atoms with Crippen LogP contribution >= 0.6 is 0 Å². The lowest BCUT2D eigenvalue weighted by molar-refractivity contribution is 0.631. The SMILES string of the molecule is Fc1ccccc1-c1ccccc1-n1c(Cn2ccc3ncnc-3c2)nc2ccccc21. The Morgan fingerprint density at radius 1 is 0.750 bits per heavy atom. The molecule has 0 aliphatic carbocycles. The van der Waals surface area contributed by atoms with Gasteiger partial charge in [-0.3, -0.25) is 4.57 Å². The van der Waals surface area contributed by atoms with E-state index in [1.54, 1.807) is 12.4 Å². The molecule has 0 saturated heterocycles. The number of nitrogens with zero attached hydrogens (tertiary/aromatic N) is 5. The maximum Gasteiger partial charge on any atom is 0.134 e. The number of aromatic nitrogens is 5. The summed E-state index contributed by atoms with van der Waals surface area (Å²) in [7, 11) is 0. The molecule has 4 aromatic rings. The maximum atomic E-state index is 14.7. The standard InChI is InChI=1S/C26H18FN5/c27-20-9-3-1-7-18(20)19-8-2-5-11-24(19)32-25-12-6-4-10-22(25)30-26(32)16-31-14-13-21-23(15-31)29-17-28-21/h1-15,17H,16H2. The van der Waals surface area contributed by atoms with Crippen molar-refractivity contribution < 1.29 is 4.39 Å². The smallest absolute Gasteiger partial charge is 0.134 e. The Labute approximate surface area is 183 Å². The summed E-state index contributed by atoms with van der Waals surface area (Å²) < 4.78 is 18.9. The predicted molar refractivity (Wildman–Crippen MR) is 122 cm³/mol. The summed E-state index contributed by atoms with van der Waals surface area (Å²) in [5.41, 5.74) is 5.82. The highest BCUT2D eigenvalue weighted by Crippen LogP contribution is 2.32. The molecule has 5 nitrogen and oxygen atoms in total. The summed E-state index contributed by atoms with van der Waals surface area (Å²) >= 11 is 0. The summed E-state index contributed by atoms with van der Waals surface area (Å²) in [6.07, 6.45) is 5.51. The van der Waals surface area contributed by atoms with Gasteiger partial charge in [-0.05, 0) is 30.3 Å². The number of para-hydroxylation sites is 3. The molecule has 3 aromatic carbocycles. The van der Waals surface area contributed by atoms with Gasteiger partial charge in [0.2, 0.25) is 0 Å². The molecular weight excluding hydrogens is 401 g/mol. The predicted octanol–water partition coefficient (Wildman–Crippen LogP) is 5.58. The molecule has 0 N–H and O–H groups in total. The van der Waals surface area contributed by atoms with E-state index in [1.165, 1.54) is 6.07 Å². The average molecular weight is 419 g/mol. The van der Waals surface area contributed by atoms with Crippen molar-refractivity contribution in [1.29, 1.82) is 0 Å². The van der Waals surface area contributed by atoms with Gasteiger partial charge in [0, 0.05) is 23.5 Å². The van der Waals surface area contributed by atoms with Crippen LogP contribution in [-0.4, -0.2) is 24.1 Å². The number of hydrogen-bond acceptors (Lipinski definition) is 3. The quantitative estimate of drug-likeness (QED) is 0.375. The van der Waals surface area contributed by atoms with Gasteiger partial charge in [-0.25, -0.2) is 19.3 Å². The summed E-state index contributed by atoms with van der Waals surface area (Å²) in [6, 6.07) is 24.7. The Morgan fingerprint density at radius 2 is 1.50 bits per heavy atom. The van der Waals surface area contributed by atoms with Crippen molar-refractivity contribution in [2.45, 2.75) is 6.54 Å². The van der Waals surface area contributed by atoms with E-state index in [0.717, 1.165) is 39.5 Å². The van der Waals surface area contributed by atoms with Crippen LogP contribution < -0.4 is 0 Å². The summed E-state index contributed by atoms with van der Waals surface area (Å²) in [6.45, 7) is 0.531. The molecule has 0 amide bonds.